The Labute approximate surface area is 127 Å². The van der Waals surface area contributed by atoms with E-state index in [1.54, 1.807) is 6.92 Å². The second-order valence-electron chi connectivity index (χ2n) is 5.04. The van der Waals surface area contributed by atoms with E-state index < -0.39 is 17.8 Å². The largest absolute Gasteiger partial charge is 0.435 e. The SMILES string of the molecule is CC1CC(=O)NN=C1c1c(C(F)(F)F)nn2cc(Cl)ccc12. The van der Waals surface area contributed by atoms with Gasteiger partial charge in [0.05, 0.1) is 21.8 Å². The summed E-state index contributed by atoms with van der Waals surface area (Å²) in [5.41, 5.74) is 1.44. The van der Waals surface area contributed by atoms with Gasteiger partial charge in [0.15, 0.2) is 5.69 Å². The van der Waals surface area contributed by atoms with Gasteiger partial charge in [-0.05, 0) is 12.1 Å². The molecule has 1 atom stereocenters. The molecule has 2 aromatic heterocycles. The molecule has 1 amide bonds. The summed E-state index contributed by atoms with van der Waals surface area (Å²) in [5, 5.41) is 7.66. The molecule has 0 bridgehead atoms. The number of hydrogen-bond acceptors (Lipinski definition) is 3. The van der Waals surface area contributed by atoms with Gasteiger partial charge in [-0.2, -0.15) is 23.4 Å². The molecule has 0 saturated heterocycles. The summed E-state index contributed by atoms with van der Waals surface area (Å²) in [6.07, 6.45) is -3.28. The van der Waals surface area contributed by atoms with Gasteiger partial charge in [-0.3, -0.25) is 4.79 Å². The van der Waals surface area contributed by atoms with E-state index in [0.717, 1.165) is 4.52 Å². The van der Waals surface area contributed by atoms with Crippen LogP contribution < -0.4 is 5.43 Å². The van der Waals surface area contributed by atoms with Crippen LogP contribution in [0, 0.1) is 5.92 Å². The zero-order valence-corrected chi connectivity index (χ0v) is 12.0. The third kappa shape index (κ3) is 2.43. The summed E-state index contributed by atoms with van der Waals surface area (Å²) < 4.78 is 41.0. The van der Waals surface area contributed by atoms with Crippen molar-refractivity contribution in [3.8, 4) is 0 Å². The number of carbonyl (C=O) groups is 1. The second-order valence-corrected chi connectivity index (χ2v) is 5.47. The van der Waals surface area contributed by atoms with Crippen molar-refractivity contribution in [3.05, 3.63) is 34.6 Å². The number of pyridine rings is 1. The number of hydrazone groups is 1. The lowest BCUT2D eigenvalue weighted by Gasteiger charge is -2.19. The van der Waals surface area contributed by atoms with Crippen LogP contribution in [-0.4, -0.2) is 21.2 Å². The van der Waals surface area contributed by atoms with Crippen LogP contribution in [0.4, 0.5) is 13.2 Å². The summed E-state index contributed by atoms with van der Waals surface area (Å²) in [5.74, 6) is -0.775. The molecule has 0 aromatic carbocycles. The molecule has 9 heteroatoms. The first-order chi connectivity index (χ1) is 10.3. The summed E-state index contributed by atoms with van der Waals surface area (Å²) in [7, 11) is 0. The van der Waals surface area contributed by atoms with Gasteiger partial charge in [-0.25, -0.2) is 9.94 Å². The minimum atomic E-state index is -4.64. The molecule has 3 heterocycles. The topological polar surface area (TPSA) is 58.8 Å². The number of nitrogens with zero attached hydrogens (tertiary/aromatic N) is 3. The third-order valence-corrected chi connectivity index (χ3v) is 3.60. The van der Waals surface area contributed by atoms with Gasteiger partial charge in [-0.15, -0.1) is 0 Å². The Morgan fingerprint density at radius 2 is 2.14 bits per heavy atom. The average Bonchev–Trinajstić information content (AvgIpc) is 2.77. The van der Waals surface area contributed by atoms with Crippen LogP contribution in [-0.2, 0) is 11.0 Å². The first-order valence-electron chi connectivity index (χ1n) is 6.39. The fourth-order valence-corrected chi connectivity index (χ4v) is 2.59. The summed E-state index contributed by atoms with van der Waals surface area (Å²) in [6.45, 7) is 1.65. The predicted octanol–water partition coefficient (Wildman–Crippen LogP) is 2.87. The van der Waals surface area contributed by atoms with Crippen LogP contribution in [0.15, 0.2) is 23.4 Å². The van der Waals surface area contributed by atoms with Crippen LogP contribution in [0.3, 0.4) is 0 Å². The molecule has 1 aliphatic heterocycles. The van der Waals surface area contributed by atoms with Crippen LogP contribution >= 0.6 is 11.6 Å². The molecule has 116 valence electrons. The van der Waals surface area contributed by atoms with Crippen LogP contribution in [0.2, 0.25) is 5.02 Å². The zero-order valence-electron chi connectivity index (χ0n) is 11.3. The summed E-state index contributed by atoms with van der Waals surface area (Å²) in [6, 6.07) is 2.93. The fourth-order valence-electron chi connectivity index (χ4n) is 2.43. The first-order valence-corrected chi connectivity index (χ1v) is 6.77. The number of aromatic nitrogens is 2. The van der Waals surface area contributed by atoms with Crippen molar-refractivity contribution >= 4 is 28.7 Å². The Balaban J connectivity index is 2.29. The van der Waals surface area contributed by atoms with Gasteiger partial charge in [0.1, 0.15) is 0 Å². The van der Waals surface area contributed by atoms with E-state index in [-0.39, 0.29) is 34.1 Å². The lowest BCUT2D eigenvalue weighted by molar-refractivity contribution is -0.141. The average molecular weight is 331 g/mol. The van der Waals surface area contributed by atoms with Gasteiger partial charge in [0.2, 0.25) is 5.91 Å². The van der Waals surface area contributed by atoms with Crippen molar-refractivity contribution in [3.63, 3.8) is 0 Å². The number of hydrogen-bond donors (Lipinski definition) is 1. The number of halogens is 4. The Bertz CT molecular complexity index is 796. The molecule has 3 rings (SSSR count). The number of alkyl halides is 3. The van der Waals surface area contributed by atoms with E-state index in [9.17, 15) is 18.0 Å². The van der Waals surface area contributed by atoms with E-state index in [4.69, 9.17) is 11.6 Å². The van der Waals surface area contributed by atoms with E-state index in [1.807, 2.05) is 0 Å². The molecule has 1 N–H and O–H groups in total. The van der Waals surface area contributed by atoms with Gasteiger partial charge in [0.25, 0.3) is 0 Å². The molecule has 0 saturated carbocycles. The van der Waals surface area contributed by atoms with E-state index >= 15 is 0 Å². The maximum atomic E-state index is 13.3. The van der Waals surface area contributed by atoms with Crippen molar-refractivity contribution in [2.24, 2.45) is 11.0 Å². The maximum Gasteiger partial charge on any atom is 0.435 e. The molecule has 0 spiro atoms. The Morgan fingerprint density at radius 3 is 2.77 bits per heavy atom. The van der Waals surface area contributed by atoms with Gasteiger partial charge in [0, 0.05) is 18.5 Å². The van der Waals surface area contributed by atoms with E-state index in [2.05, 4.69) is 15.6 Å². The van der Waals surface area contributed by atoms with Crippen LogP contribution in [0.25, 0.3) is 5.52 Å². The highest BCUT2D eigenvalue weighted by atomic mass is 35.5. The molecule has 0 radical (unpaired) electrons. The molecular weight excluding hydrogens is 321 g/mol. The van der Waals surface area contributed by atoms with Crippen LogP contribution in [0.5, 0.6) is 0 Å². The Kier molecular flexibility index (Phi) is 3.36. The van der Waals surface area contributed by atoms with Gasteiger partial charge in [-0.1, -0.05) is 18.5 Å². The standard InChI is InChI=1S/C13H10ClF3N4O/c1-6-4-9(22)18-19-11(6)10-8-3-2-7(14)5-21(8)20-12(10)13(15,16)17/h2-3,5-6H,4H2,1H3,(H,18,22). The maximum absolute atomic E-state index is 13.3. The minimum Gasteiger partial charge on any atom is -0.273 e. The molecule has 1 aliphatic rings. The molecule has 0 aliphatic carbocycles. The number of amides is 1. The molecule has 5 nitrogen and oxygen atoms in total. The zero-order chi connectivity index (χ0) is 16.1. The quantitative estimate of drug-likeness (QED) is 0.874. The highest BCUT2D eigenvalue weighted by Gasteiger charge is 2.41. The highest BCUT2D eigenvalue weighted by molar-refractivity contribution is 6.30. The van der Waals surface area contributed by atoms with Crippen molar-refractivity contribution in [2.75, 3.05) is 0 Å². The van der Waals surface area contributed by atoms with Crippen molar-refractivity contribution in [1.82, 2.24) is 15.0 Å². The number of fused-ring (bicyclic) bond motifs is 1. The number of rotatable bonds is 1. The molecule has 22 heavy (non-hydrogen) atoms. The molecule has 0 fully saturated rings. The highest BCUT2D eigenvalue weighted by Crippen LogP contribution is 2.35. The minimum absolute atomic E-state index is 0.0705. The number of nitrogens with one attached hydrogen (secondary N) is 1. The number of carbonyl (C=O) groups excluding carboxylic acids is 1. The smallest absolute Gasteiger partial charge is 0.273 e. The Morgan fingerprint density at radius 1 is 1.41 bits per heavy atom. The van der Waals surface area contributed by atoms with Crippen LogP contribution in [0.1, 0.15) is 24.6 Å². The summed E-state index contributed by atoms with van der Waals surface area (Å²) in [4.78, 5) is 11.3. The normalized spacial score (nSPS) is 19.2. The fraction of sp³-hybridized carbons (Fsp3) is 0.308. The second kappa shape index (κ2) is 4.98. The van der Waals surface area contributed by atoms with E-state index in [1.165, 1.54) is 18.3 Å². The third-order valence-electron chi connectivity index (χ3n) is 3.38. The predicted molar refractivity (Wildman–Crippen MR) is 73.7 cm³/mol. The molecular formula is C13H10ClF3N4O. The van der Waals surface area contributed by atoms with E-state index in [0.29, 0.717) is 0 Å². The van der Waals surface area contributed by atoms with Crippen molar-refractivity contribution in [1.29, 1.82) is 0 Å². The first kappa shape index (κ1) is 14.8. The van der Waals surface area contributed by atoms with Gasteiger partial charge >= 0.3 is 6.18 Å². The lowest BCUT2D eigenvalue weighted by atomic mass is 9.93. The van der Waals surface area contributed by atoms with Gasteiger partial charge < -0.3 is 0 Å². The lowest BCUT2D eigenvalue weighted by Crippen LogP contribution is -2.32. The summed E-state index contributed by atoms with van der Waals surface area (Å²) >= 11 is 5.80. The Hall–Kier alpha value is -2.09. The molecule has 1 unspecified atom stereocenters. The molecule has 2 aromatic rings. The van der Waals surface area contributed by atoms with Crippen molar-refractivity contribution < 1.29 is 18.0 Å². The van der Waals surface area contributed by atoms with Crippen molar-refractivity contribution in [2.45, 2.75) is 19.5 Å². The monoisotopic (exact) mass is 330 g/mol.